The molecule has 2 unspecified atom stereocenters. The number of likely N-dealkylation sites (tertiary alicyclic amines) is 1. The van der Waals surface area contributed by atoms with Crippen molar-refractivity contribution in [1.29, 1.82) is 0 Å². The van der Waals surface area contributed by atoms with E-state index in [9.17, 15) is 14.4 Å². The number of carboxylic acids is 1. The Hall–Kier alpha value is -1.79. The van der Waals surface area contributed by atoms with Crippen LogP contribution in [0.15, 0.2) is 0 Å². The van der Waals surface area contributed by atoms with Crippen molar-refractivity contribution in [3.05, 3.63) is 0 Å². The minimum absolute atomic E-state index is 0.0111. The number of nitrogens with zero attached hydrogens (tertiary/aromatic N) is 1. The van der Waals surface area contributed by atoms with Gasteiger partial charge in [-0.05, 0) is 13.8 Å². The molecule has 1 fully saturated rings. The summed E-state index contributed by atoms with van der Waals surface area (Å²) in [5.74, 6) is -1.54. The Labute approximate surface area is 112 Å². The molecule has 0 aliphatic carbocycles. The van der Waals surface area contributed by atoms with Crippen LogP contribution in [0, 0.1) is 11.8 Å². The van der Waals surface area contributed by atoms with Gasteiger partial charge in [0.2, 0.25) is 5.91 Å². The maximum atomic E-state index is 11.8. The Bertz CT molecular complexity index is 366. The van der Waals surface area contributed by atoms with Crippen LogP contribution in [0.5, 0.6) is 0 Å². The average Bonchev–Trinajstić information content (AvgIpc) is 2.26. The maximum Gasteiger partial charge on any atom is 0.318 e. The average molecular weight is 271 g/mol. The first-order valence-corrected chi connectivity index (χ1v) is 6.42. The third-order valence-corrected chi connectivity index (χ3v) is 3.38. The Balaban J connectivity index is 2.34. The van der Waals surface area contributed by atoms with Crippen molar-refractivity contribution in [2.45, 2.75) is 26.8 Å². The Morgan fingerprint density at radius 3 is 2.37 bits per heavy atom. The van der Waals surface area contributed by atoms with Gasteiger partial charge >= 0.3 is 12.0 Å². The van der Waals surface area contributed by atoms with E-state index in [2.05, 4.69) is 10.6 Å². The van der Waals surface area contributed by atoms with Crippen molar-refractivity contribution in [3.63, 3.8) is 0 Å². The smallest absolute Gasteiger partial charge is 0.318 e. The molecular formula is C12H21N3O4. The van der Waals surface area contributed by atoms with E-state index in [0.717, 1.165) is 0 Å². The number of nitrogens with one attached hydrogen (secondary N) is 2. The van der Waals surface area contributed by atoms with E-state index in [4.69, 9.17) is 5.11 Å². The SMILES string of the molecule is CCNC(=O)C(C)NC(=O)N1CC(C(C)C(=O)O)C1. The summed E-state index contributed by atoms with van der Waals surface area (Å²) in [6.45, 7) is 6.41. The minimum atomic E-state index is -0.847. The number of carboxylic acid groups (broad SMARTS) is 1. The van der Waals surface area contributed by atoms with Crippen LogP contribution in [0.3, 0.4) is 0 Å². The molecule has 0 aromatic rings. The first-order valence-electron chi connectivity index (χ1n) is 6.42. The zero-order valence-corrected chi connectivity index (χ0v) is 11.5. The first-order chi connectivity index (χ1) is 8.86. The van der Waals surface area contributed by atoms with Crippen LogP contribution >= 0.6 is 0 Å². The number of urea groups is 1. The molecule has 2 atom stereocenters. The highest BCUT2D eigenvalue weighted by atomic mass is 16.4. The van der Waals surface area contributed by atoms with Crippen molar-refractivity contribution in [2.75, 3.05) is 19.6 Å². The number of rotatable bonds is 5. The molecule has 1 aliphatic rings. The third kappa shape index (κ3) is 3.84. The molecular weight excluding hydrogens is 250 g/mol. The lowest BCUT2D eigenvalue weighted by atomic mass is 9.87. The lowest BCUT2D eigenvalue weighted by Crippen LogP contribution is -2.59. The summed E-state index contributed by atoms with van der Waals surface area (Å²) in [5.41, 5.74) is 0. The lowest BCUT2D eigenvalue weighted by Gasteiger charge is -2.41. The number of amides is 3. The topological polar surface area (TPSA) is 98.7 Å². The van der Waals surface area contributed by atoms with E-state index >= 15 is 0 Å². The van der Waals surface area contributed by atoms with E-state index in [1.54, 1.807) is 20.8 Å². The number of likely N-dealkylation sites (N-methyl/N-ethyl adjacent to an activating group) is 1. The molecule has 3 N–H and O–H groups in total. The molecule has 1 aliphatic heterocycles. The van der Waals surface area contributed by atoms with Gasteiger partial charge in [0.1, 0.15) is 6.04 Å². The van der Waals surface area contributed by atoms with Gasteiger partial charge in [-0.25, -0.2) is 4.79 Å². The quantitative estimate of drug-likeness (QED) is 0.649. The molecule has 0 radical (unpaired) electrons. The molecule has 1 saturated heterocycles. The number of hydrogen-bond acceptors (Lipinski definition) is 3. The summed E-state index contributed by atoms with van der Waals surface area (Å²) in [5, 5.41) is 14.0. The molecule has 0 bridgehead atoms. The number of aliphatic carboxylic acids is 1. The Morgan fingerprint density at radius 2 is 1.89 bits per heavy atom. The molecule has 0 spiro atoms. The molecule has 0 aromatic carbocycles. The van der Waals surface area contributed by atoms with Gasteiger partial charge < -0.3 is 20.6 Å². The predicted molar refractivity (Wildman–Crippen MR) is 68.5 cm³/mol. The second-order valence-corrected chi connectivity index (χ2v) is 4.86. The normalized spacial score (nSPS) is 18.2. The van der Waals surface area contributed by atoms with Gasteiger partial charge in [-0.1, -0.05) is 6.92 Å². The van der Waals surface area contributed by atoms with Crippen LogP contribution in [0.25, 0.3) is 0 Å². The van der Waals surface area contributed by atoms with Crippen LogP contribution in [-0.2, 0) is 9.59 Å². The van der Waals surface area contributed by atoms with Crippen LogP contribution in [0.4, 0.5) is 4.79 Å². The number of hydrogen-bond donors (Lipinski definition) is 3. The summed E-state index contributed by atoms with van der Waals surface area (Å²) >= 11 is 0. The van der Waals surface area contributed by atoms with E-state index in [0.29, 0.717) is 19.6 Å². The number of carbonyl (C=O) groups excluding carboxylic acids is 2. The van der Waals surface area contributed by atoms with Gasteiger partial charge in [0.15, 0.2) is 0 Å². The maximum absolute atomic E-state index is 11.8. The largest absolute Gasteiger partial charge is 0.481 e. The molecule has 0 aromatic heterocycles. The van der Waals surface area contributed by atoms with Gasteiger partial charge in [0.25, 0.3) is 0 Å². The molecule has 19 heavy (non-hydrogen) atoms. The molecule has 108 valence electrons. The van der Waals surface area contributed by atoms with Crippen molar-refractivity contribution >= 4 is 17.9 Å². The van der Waals surface area contributed by atoms with E-state index < -0.39 is 17.9 Å². The highest BCUT2D eigenvalue weighted by Crippen LogP contribution is 2.23. The summed E-state index contributed by atoms with van der Waals surface area (Å²) in [6, 6.07) is -0.920. The van der Waals surface area contributed by atoms with Crippen LogP contribution in [0.2, 0.25) is 0 Å². The van der Waals surface area contributed by atoms with Gasteiger partial charge in [-0.2, -0.15) is 0 Å². The van der Waals surface area contributed by atoms with Crippen LogP contribution < -0.4 is 10.6 Å². The number of carbonyl (C=O) groups is 3. The highest BCUT2D eigenvalue weighted by molar-refractivity contribution is 5.87. The van der Waals surface area contributed by atoms with E-state index in [1.165, 1.54) is 4.90 Å². The van der Waals surface area contributed by atoms with Crippen molar-refractivity contribution in [1.82, 2.24) is 15.5 Å². The van der Waals surface area contributed by atoms with Crippen LogP contribution in [-0.4, -0.2) is 53.6 Å². The fraction of sp³-hybridized carbons (Fsp3) is 0.750. The minimum Gasteiger partial charge on any atom is -0.481 e. The fourth-order valence-electron chi connectivity index (χ4n) is 1.87. The predicted octanol–water partition coefficient (Wildman–Crippen LogP) is -0.127. The monoisotopic (exact) mass is 271 g/mol. The highest BCUT2D eigenvalue weighted by Gasteiger charge is 2.37. The summed E-state index contributed by atoms with van der Waals surface area (Å²) in [7, 11) is 0. The Kier molecular flexibility index (Phi) is 5.14. The van der Waals surface area contributed by atoms with E-state index in [1.807, 2.05) is 0 Å². The zero-order valence-electron chi connectivity index (χ0n) is 11.5. The van der Waals surface area contributed by atoms with Crippen molar-refractivity contribution in [2.24, 2.45) is 11.8 Å². The fourth-order valence-corrected chi connectivity index (χ4v) is 1.87. The summed E-state index contributed by atoms with van der Waals surface area (Å²) in [4.78, 5) is 35.5. The van der Waals surface area contributed by atoms with Crippen LogP contribution in [0.1, 0.15) is 20.8 Å². The molecule has 1 heterocycles. The second kappa shape index (κ2) is 6.40. The second-order valence-electron chi connectivity index (χ2n) is 4.86. The summed E-state index contributed by atoms with van der Waals surface area (Å²) in [6.07, 6.45) is 0. The molecule has 7 nitrogen and oxygen atoms in total. The lowest BCUT2D eigenvalue weighted by molar-refractivity contribution is -0.144. The van der Waals surface area contributed by atoms with E-state index in [-0.39, 0.29) is 17.9 Å². The molecule has 0 saturated carbocycles. The summed E-state index contributed by atoms with van der Waals surface area (Å²) < 4.78 is 0. The van der Waals surface area contributed by atoms with Crippen molar-refractivity contribution < 1.29 is 19.5 Å². The molecule has 7 heteroatoms. The van der Waals surface area contributed by atoms with Gasteiger partial charge in [0, 0.05) is 25.6 Å². The molecule has 1 rings (SSSR count). The molecule has 3 amide bonds. The van der Waals surface area contributed by atoms with Gasteiger partial charge in [-0.15, -0.1) is 0 Å². The standard InChI is InChI=1S/C12H21N3O4/c1-4-13-10(16)8(3)14-12(19)15-5-9(6-15)7(2)11(17)18/h7-9H,4-6H2,1-3H3,(H,13,16)(H,14,19)(H,17,18). The van der Waals surface area contributed by atoms with Gasteiger partial charge in [-0.3, -0.25) is 9.59 Å². The first kappa shape index (κ1) is 15.3. The third-order valence-electron chi connectivity index (χ3n) is 3.38. The zero-order chi connectivity index (χ0) is 14.6. The van der Waals surface area contributed by atoms with Crippen molar-refractivity contribution in [3.8, 4) is 0 Å². The van der Waals surface area contributed by atoms with Gasteiger partial charge in [0.05, 0.1) is 5.92 Å². The Morgan fingerprint density at radius 1 is 1.32 bits per heavy atom.